The molecule has 1 unspecified atom stereocenters. The highest BCUT2D eigenvalue weighted by atomic mass is 32.2. The Balaban J connectivity index is 2.10. The summed E-state index contributed by atoms with van der Waals surface area (Å²) in [6.45, 7) is 7.06. The number of rotatable bonds is 13. The molecule has 10 heteroatoms. The van der Waals surface area contributed by atoms with Crippen molar-refractivity contribution in [1.29, 1.82) is 0 Å². The van der Waals surface area contributed by atoms with Crippen LogP contribution >= 0.6 is 0 Å². The lowest BCUT2D eigenvalue weighted by molar-refractivity contribution is -0.140. The fourth-order valence-electron chi connectivity index (χ4n) is 4.53. The van der Waals surface area contributed by atoms with Crippen LogP contribution in [0.25, 0.3) is 0 Å². The summed E-state index contributed by atoms with van der Waals surface area (Å²) in [6.07, 6.45) is 0.343. The van der Waals surface area contributed by atoms with Crippen molar-refractivity contribution in [3.05, 3.63) is 83.9 Å². The van der Waals surface area contributed by atoms with Crippen molar-refractivity contribution in [1.82, 2.24) is 10.2 Å². The molecule has 0 radical (unpaired) electrons. The normalized spacial score (nSPS) is 12.0. The molecule has 1 N–H and O–H groups in total. The number of hydrogen-bond acceptors (Lipinski definition) is 6. The second-order valence-electron chi connectivity index (χ2n) is 9.96. The highest BCUT2D eigenvalue weighted by Gasteiger charge is 2.34. The maximum absolute atomic E-state index is 14.2. The van der Waals surface area contributed by atoms with E-state index < -0.39 is 28.5 Å². The van der Waals surface area contributed by atoms with E-state index in [9.17, 15) is 18.0 Å². The summed E-state index contributed by atoms with van der Waals surface area (Å²) in [6, 6.07) is 19.3. The molecular weight excluding hydrogens is 542 g/mol. The fraction of sp³-hybridized carbons (Fsp3) is 0.355. The number of sulfonamides is 1. The van der Waals surface area contributed by atoms with Gasteiger partial charge in [-0.1, -0.05) is 48.9 Å². The minimum Gasteiger partial charge on any atom is -0.497 e. The predicted molar refractivity (Wildman–Crippen MR) is 160 cm³/mol. The minimum absolute atomic E-state index is 0.0215. The molecule has 9 nitrogen and oxygen atoms in total. The number of carbonyl (C=O) groups excluding carboxylic acids is 2. The lowest BCUT2D eigenvalue weighted by Gasteiger charge is -2.34. The van der Waals surface area contributed by atoms with Crippen LogP contribution < -0.4 is 19.1 Å². The van der Waals surface area contributed by atoms with Crippen LogP contribution in [0.2, 0.25) is 0 Å². The second-order valence-corrected chi connectivity index (χ2v) is 11.8. The molecule has 220 valence electrons. The Kier molecular flexibility index (Phi) is 10.8. The zero-order valence-electron chi connectivity index (χ0n) is 24.5. The second kappa shape index (κ2) is 14.0. The average Bonchev–Trinajstić information content (AvgIpc) is 2.95. The van der Waals surface area contributed by atoms with Crippen LogP contribution in [0.15, 0.2) is 77.7 Å². The van der Waals surface area contributed by atoms with E-state index in [1.165, 1.54) is 31.3 Å². The van der Waals surface area contributed by atoms with E-state index >= 15 is 0 Å². The molecule has 0 aliphatic rings. The van der Waals surface area contributed by atoms with Gasteiger partial charge in [-0.2, -0.15) is 0 Å². The molecule has 0 bridgehead atoms. The van der Waals surface area contributed by atoms with Gasteiger partial charge in [-0.25, -0.2) is 8.42 Å². The first-order valence-electron chi connectivity index (χ1n) is 13.5. The molecule has 3 aromatic rings. The number of nitrogens with one attached hydrogen (secondary N) is 1. The molecule has 41 heavy (non-hydrogen) atoms. The Hall–Kier alpha value is -4.05. The molecule has 0 saturated carbocycles. The summed E-state index contributed by atoms with van der Waals surface area (Å²) < 4.78 is 39.8. The first-order chi connectivity index (χ1) is 19.5. The molecule has 0 aliphatic carbocycles. The van der Waals surface area contributed by atoms with Gasteiger partial charge in [0.2, 0.25) is 11.8 Å². The molecule has 0 heterocycles. The standard InChI is InChI=1S/C31H39N3O6S/c1-7-27(31(36)32-22(2)3)33(20-24-12-10-11-23(4)19-24)30(35)21-34(28-13-8-9-14-29(28)40-6)41(37,38)26-17-15-25(39-5)16-18-26/h8-19,22,27H,7,20-21H2,1-6H3,(H,32,36). The van der Waals surface area contributed by atoms with Crippen molar-refractivity contribution in [2.75, 3.05) is 25.1 Å². The monoisotopic (exact) mass is 581 g/mol. The van der Waals surface area contributed by atoms with Crippen molar-refractivity contribution in [2.24, 2.45) is 0 Å². The van der Waals surface area contributed by atoms with Gasteiger partial charge in [0.25, 0.3) is 10.0 Å². The van der Waals surface area contributed by atoms with E-state index in [2.05, 4.69) is 5.32 Å². The third-order valence-electron chi connectivity index (χ3n) is 6.53. The molecule has 2 amide bonds. The largest absolute Gasteiger partial charge is 0.497 e. The summed E-state index contributed by atoms with van der Waals surface area (Å²) in [7, 11) is -1.31. The third kappa shape index (κ3) is 7.79. The average molecular weight is 582 g/mol. The zero-order chi connectivity index (χ0) is 30.2. The number of methoxy groups -OCH3 is 2. The Morgan fingerprint density at radius 2 is 1.61 bits per heavy atom. The molecular formula is C31H39N3O6S. The van der Waals surface area contributed by atoms with Crippen LogP contribution in [0.5, 0.6) is 11.5 Å². The van der Waals surface area contributed by atoms with Gasteiger partial charge < -0.3 is 19.7 Å². The molecule has 1 atom stereocenters. The molecule has 0 aliphatic heterocycles. The highest BCUT2D eigenvalue weighted by molar-refractivity contribution is 7.92. The topological polar surface area (TPSA) is 105 Å². The van der Waals surface area contributed by atoms with E-state index in [4.69, 9.17) is 9.47 Å². The van der Waals surface area contributed by atoms with Gasteiger partial charge in [-0.15, -0.1) is 0 Å². The zero-order valence-corrected chi connectivity index (χ0v) is 25.3. The fourth-order valence-corrected chi connectivity index (χ4v) is 5.96. The van der Waals surface area contributed by atoms with Gasteiger partial charge in [0.1, 0.15) is 24.1 Å². The number of benzene rings is 3. The van der Waals surface area contributed by atoms with E-state index in [0.717, 1.165) is 15.4 Å². The lowest BCUT2D eigenvalue weighted by atomic mass is 10.1. The number of anilines is 1. The van der Waals surface area contributed by atoms with Gasteiger partial charge in [-0.05, 0) is 69.2 Å². The Morgan fingerprint density at radius 3 is 2.20 bits per heavy atom. The van der Waals surface area contributed by atoms with Crippen LogP contribution in [-0.2, 0) is 26.2 Å². The summed E-state index contributed by atoms with van der Waals surface area (Å²) in [5.74, 6) is -0.0482. The summed E-state index contributed by atoms with van der Waals surface area (Å²) in [5.41, 5.74) is 2.04. The van der Waals surface area contributed by atoms with Crippen LogP contribution in [0.3, 0.4) is 0 Å². The minimum atomic E-state index is -4.24. The Morgan fingerprint density at radius 1 is 0.927 bits per heavy atom. The lowest BCUT2D eigenvalue weighted by Crippen LogP contribution is -2.53. The van der Waals surface area contributed by atoms with Gasteiger partial charge in [-0.3, -0.25) is 13.9 Å². The summed E-state index contributed by atoms with van der Waals surface area (Å²) >= 11 is 0. The van der Waals surface area contributed by atoms with Crippen molar-refractivity contribution in [3.8, 4) is 11.5 Å². The van der Waals surface area contributed by atoms with Gasteiger partial charge >= 0.3 is 0 Å². The molecule has 0 saturated heterocycles. The maximum Gasteiger partial charge on any atom is 0.264 e. The number of ether oxygens (including phenoxy) is 2. The molecule has 3 rings (SSSR count). The van der Waals surface area contributed by atoms with E-state index in [1.807, 2.05) is 52.0 Å². The third-order valence-corrected chi connectivity index (χ3v) is 8.31. The molecule has 0 fully saturated rings. The first-order valence-corrected chi connectivity index (χ1v) is 14.9. The maximum atomic E-state index is 14.2. The number of amides is 2. The summed E-state index contributed by atoms with van der Waals surface area (Å²) in [5, 5.41) is 2.90. The summed E-state index contributed by atoms with van der Waals surface area (Å²) in [4.78, 5) is 28.9. The van der Waals surface area contributed by atoms with Crippen LogP contribution in [0.4, 0.5) is 5.69 Å². The molecule has 3 aromatic carbocycles. The molecule has 0 spiro atoms. The Bertz CT molecular complexity index is 1440. The number of para-hydroxylation sites is 2. The smallest absolute Gasteiger partial charge is 0.264 e. The van der Waals surface area contributed by atoms with Gasteiger partial charge in [0.15, 0.2) is 0 Å². The van der Waals surface area contributed by atoms with E-state index in [-0.39, 0.29) is 34.8 Å². The van der Waals surface area contributed by atoms with Crippen LogP contribution in [0, 0.1) is 6.92 Å². The van der Waals surface area contributed by atoms with Crippen molar-refractivity contribution < 1.29 is 27.5 Å². The van der Waals surface area contributed by atoms with Crippen molar-refractivity contribution in [2.45, 2.75) is 57.6 Å². The SMILES string of the molecule is CCC(C(=O)NC(C)C)N(Cc1cccc(C)c1)C(=O)CN(c1ccccc1OC)S(=O)(=O)c1ccc(OC)cc1. The van der Waals surface area contributed by atoms with Gasteiger partial charge in [0, 0.05) is 12.6 Å². The van der Waals surface area contributed by atoms with Gasteiger partial charge in [0.05, 0.1) is 24.8 Å². The quantitative estimate of drug-likeness (QED) is 0.318. The van der Waals surface area contributed by atoms with Crippen LogP contribution in [-0.4, -0.2) is 58.0 Å². The Labute approximate surface area is 243 Å². The number of carbonyl (C=O) groups is 2. The van der Waals surface area contributed by atoms with Crippen LogP contribution in [0.1, 0.15) is 38.3 Å². The number of hydrogen-bond donors (Lipinski definition) is 1. The van der Waals surface area contributed by atoms with Crippen molar-refractivity contribution in [3.63, 3.8) is 0 Å². The number of aryl methyl sites for hydroxylation is 1. The first kappa shape index (κ1) is 31.5. The van der Waals surface area contributed by atoms with Crippen molar-refractivity contribution >= 4 is 27.5 Å². The van der Waals surface area contributed by atoms with E-state index in [1.54, 1.807) is 36.4 Å². The predicted octanol–water partition coefficient (Wildman–Crippen LogP) is 4.54. The van der Waals surface area contributed by atoms with E-state index in [0.29, 0.717) is 12.2 Å². The highest BCUT2D eigenvalue weighted by Crippen LogP contribution is 2.33. The number of nitrogens with zero attached hydrogens (tertiary/aromatic N) is 2. The molecule has 0 aromatic heterocycles.